The van der Waals surface area contributed by atoms with Gasteiger partial charge in [0.1, 0.15) is 5.82 Å². The van der Waals surface area contributed by atoms with E-state index >= 15 is 0 Å². The number of hydrogen-bond donors (Lipinski definition) is 1. The molecule has 1 saturated heterocycles. The summed E-state index contributed by atoms with van der Waals surface area (Å²) in [5, 5.41) is 2.98. The molecule has 166 valence electrons. The molecule has 0 unspecified atom stereocenters. The maximum absolute atomic E-state index is 13.0. The molecule has 6 nitrogen and oxygen atoms in total. The van der Waals surface area contributed by atoms with Crippen molar-refractivity contribution in [3.05, 3.63) is 59.4 Å². The van der Waals surface area contributed by atoms with Crippen LogP contribution >= 0.6 is 0 Å². The lowest BCUT2D eigenvalue weighted by Crippen LogP contribution is -2.46. The molecule has 31 heavy (non-hydrogen) atoms. The normalized spacial score (nSPS) is 14.2. The quantitative estimate of drug-likeness (QED) is 0.698. The summed E-state index contributed by atoms with van der Waals surface area (Å²) < 4.78 is 23.9. The zero-order valence-electron chi connectivity index (χ0n) is 18.0. The highest BCUT2D eigenvalue weighted by Gasteiger charge is 2.24. The topological polar surface area (TPSA) is 67.9 Å². The monoisotopic (exact) mass is 428 g/mol. The lowest BCUT2D eigenvalue weighted by Gasteiger charge is -2.32. The molecule has 0 bridgehead atoms. The van der Waals surface area contributed by atoms with Crippen molar-refractivity contribution in [2.45, 2.75) is 38.6 Å². The van der Waals surface area contributed by atoms with Gasteiger partial charge in [0, 0.05) is 31.1 Å². The first-order valence-corrected chi connectivity index (χ1v) is 10.6. The second-order valence-electron chi connectivity index (χ2n) is 7.55. The molecule has 2 aromatic rings. The molecule has 1 N–H and O–H groups in total. The van der Waals surface area contributed by atoms with Gasteiger partial charge in [-0.2, -0.15) is 0 Å². The third-order valence-electron chi connectivity index (χ3n) is 5.44. The van der Waals surface area contributed by atoms with Gasteiger partial charge in [0.25, 0.3) is 5.91 Å². The van der Waals surface area contributed by atoms with Gasteiger partial charge in [-0.05, 0) is 68.1 Å². The van der Waals surface area contributed by atoms with Gasteiger partial charge >= 0.3 is 0 Å². The van der Waals surface area contributed by atoms with Crippen LogP contribution in [0.3, 0.4) is 0 Å². The van der Waals surface area contributed by atoms with E-state index < -0.39 is 0 Å². The van der Waals surface area contributed by atoms with E-state index in [1.54, 1.807) is 7.11 Å². The van der Waals surface area contributed by atoms with Gasteiger partial charge in [0.2, 0.25) is 5.91 Å². The van der Waals surface area contributed by atoms with Gasteiger partial charge in [-0.1, -0.05) is 6.07 Å². The van der Waals surface area contributed by atoms with Crippen molar-refractivity contribution >= 4 is 11.8 Å². The van der Waals surface area contributed by atoms with Crippen LogP contribution in [0.1, 0.15) is 42.1 Å². The van der Waals surface area contributed by atoms with Crippen LogP contribution in [0, 0.1) is 5.82 Å². The number of carbonyl (C=O) groups excluding carboxylic acids is 2. The maximum atomic E-state index is 13.0. The first kappa shape index (κ1) is 22.6. The smallest absolute Gasteiger partial charge is 0.251 e. The Morgan fingerprint density at radius 1 is 1.10 bits per heavy atom. The standard InChI is InChI=1S/C24H29FN2O4/c1-3-31-21-10-4-17(16-22(21)30-2)5-11-23(28)27-14-12-20(13-15-27)26-24(29)18-6-8-19(25)9-7-18/h4,6-10,16,20H,3,5,11-15H2,1-2H3,(H,26,29). The van der Waals surface area contributed by atoms with E-state index in [4.69, 9.17) is 9.47 Å². The lowest BCUT2D eigenvalue weighted by molar-refractivity contribution is -0.132. The van der Waals surface area contributed by atoms with E-state index in [0.717, 1.165) is 5.56 Å². The van der Waals surface area contributed by atoms with Crippen molar-refractivity contribution in [3.8, 4) is 11.5 Å². The molecule has 7 heteroatoms. The second-order valence-corrected chi connectivity index (χ2v) is 7.55. The van der Waals surface area contributed by atoms with Gasteiger partial charge in [0.15, 0.2) is 11.5 Å². The molecule has 0 aromatic heterocycles. The minimum atomic E-state index is -0.368. The minimum Gasteiger partial charge on any atom is -0.493 e. The maximum Gasteiger partial charge on any atom is 0.251 e. The number of aryl methyl sites for hydroxylation is 1. The largest absolute Gasteiger partial charge is 0.493 e. The predicted molar refractivity (Wildman–Crippen MR) is 116 cm³/mol. The molecule has 1 aliphatic heterocycles. The van der Waals surface area contributed by atoms with Gasteiger partial charge in [-0.3, -0.25) is 9.59 Å². The first-order chi connectivity index (χ1) is 15.0. The molecule has 1 heterocycles. The lowest BCUT2D eigenvalue weighted by atomic mass is 10.0. The van der Waals surface area contributed by atoms with E-state index in [0.29, 0.717) is 62.4 Å². The summed E-state index contributed by atoms with van der Waals surface area (Å²) in [5.41, 5.74) is 1.46. The van der Waals surface area contributed by atoms with E-state index in [1.165, 1.54) is 24.3 Å². The fourth-order valence-electron chi connectivity index (χ4n) is 3.69. The highest BCUT2D eigenvalue weighted by atomic mass is 19.1. The molecule has 2 amide bonds. The molecular formula is C24H29FN2O4. The summed E-state index contributed by atoms with van der Waals surface area (Å²) in [6.07, 6.45) is 2.46. The number of rotatable bonds is 8. The number of benzene rings is 2. The number of methoxy groups -OCH3 is 1. The fraction of sp³-hybridized carbons (Fsp3) is 0.417. The number of hydrogen-bond acceptors (Lipinski definition) is 4. The van der Waals surface area contributed by atoms with Crippen molar-refractivity contribution in [1.29, 1.82) is 0 Å². The second kappa shape index (κ2) is 10.8. The van der Waals surface area contributed by atoms with Crippen LogP contribution in [0.2, 0.25) is 0 Å². The van der Waals surface area contributed by atoms with Crippen molar-refractivity contribution in [2.75, 3.05) is 26.8 Å². The Labute approximate surface area is 182 Å². The molecule has 3 rings (SSSR count). The Hall–Kier alpha value is -3.09. The molecule has 1 aliphatic rings. The van der Waals surface area contributed by atoms with E-state index in [2.05, 4.69) is 5.32 Å². The Balaban J connectivity index is 1.45. The van der Waals surface area contributed by atoms with Crippen LogP contribution in [-0.4, -0.2) is 49.6 Å². The van der Waals surface area contributed by atoms with Crippen LogP contribution in [-0.2, 0) is 11.2 Å². The van der Waals surface area contributed by atoms with Gasteiger partial charge in [-0.15, -0.1) is 0 Å². The summed E-state index contributed by atoms with van der Waals surface area (Å²) >= 11 is 0. The van der Waals surface area contributed by atoms with E-state index in [9.17, 15) is 14.0 Å². The number of piperidine rings is 1. The van der Waals surface area contributed by atoms with Crippen molar-refractivity contribution in [1.82, 2.24) is 10.2 Å². The van der Waals surface area contributed by atoms with Crippen LogP contribution in [0.25, 0.3) is 0 Å². The molecule has 0 spiro atoms. The summed E-state index contributed by atoms with van der Waals surface area (Å²) in [6, 6.07) is 11.2. The van der Waals surface area contributed by atoms with Crippen LogP contribution < -0.4 is 14.8 Å². The van der Waals surface area contributed by atoms with Crippen LogP contribution in [0.4, 0.5) is 4.39 Å². The van der Waals surface area contributed by atoms with E-state index in [1.807, 2.05) is 30.0 Å². The highest BCUT2D eigenvalue weighted by molar-refractivity contribution is 5.94. The minimum absolute atomic E-state index is 0.0111. The number of ether oxygens (including phenoxy) is 2. The van der Waals surface area contributed by atoms with Crippen molar-refractivity contribution in [3.63, 3.8) is 0 Å². The number of carbonyl (C=O) groups is 2. The number of halogens is 1. The molecule has 0 aliphatic carbocycles. The summed E-state index contributed by atoms with van der Waals surface area (Å²) in [6.45, 7) is 3.71. The third kappa shape index (κ3) is 6.20. The number of nitrogens with zero attached hydrogens (tertiary/aromatic N) is 1. The molecular weight excluding hydrogens is 399 g/mol. The summed E-state index contributed by atoms with van der Waals surface area (Å²) in [5.74, 6) is 0.895. The van der Waals surface area contributed by atoms with Gasteiger partial charge < -0.3 is 19.7 Å². The molecule has 2 aromatic carbocycles. The average Bonchev–Trinajstić information content (AvgIpc) is 2.79. The SMILES string of the molecule is CCOc1ccc(CCC(=O)N2CCC(NC(=O)c3ccc(F)cc3)CC2)cc1OC. The molecule has 0 saturated carbocycles. The van der Waals surface area contributed by atoms with Crippen LogP contribution in [0.5, 0.6) is 11.5 Å². The predicted octanol–water partition coefficient (Wildman–Crippen LogP) is 3.59. The first-order valence-electron chi connectivity index (χ1n) is 10.6. The zero-order chi connectivity index (χ0) is 22.2. The number of amides is 2. The number of nitrogens with one attached hydrogen (secondary N) is 1. The highest BCUT2D eigenvalue weighted by Crippen LogP contribution is 2.28. The van der Waals surface area contributed by atoms with Gasteiger partial charge in [0.05, 0.1) is 13.7 Å². The van der Waals surface area contributed by atoms with E-state index in [-0.39, 0.29) is 23.7 Å². The van der Waals surface area contributed by atoms with Gasteiger partial charge in [-0.25, -0.2) is 4.39 Å². The third-order valence-corrected chi connectivity index (χ3v) is 5.44. The average molecular weight is 429 g/mol. The Morgan fingerprint density at radius 2 is 1.81 bits per heavy atom. The molecule has 0 atom stereocenters. The number of likely N-dealkylation sites (tertiary alicyclic amines) is 1. The fourth-order valence-corrected chi connectivity index (χ4v) is 3.69. The van der Waals surface area contributed by atoms with Crippen LogP contribution in [0.15, 0.2) is 42.5 Å². The molecule has 1 fully saturated rings. The zero-order valence-corrected chi connectivity index (χ0v) is 18.0. The summed E-state index contributed by atoms with van der Waals surface area (Å²) in [4.78, 5) is 26.8. The van der Waals surface area contributed by atoms with Crippen molar-refractivity contribution < 1.29 is 23.5 Å². The Bertz CT molecular complexity index is 893. The Kier molecular flexibility index (Phi) is 7.87. The molecule has 0 radical (unpaired) electrons. The van der Waals surface area contributed by atoms with Crippen molar-refractivity contribution in [2.24, 2.45) is 0 Å². The Morgan fingerprint density at radius 3 is 2.45 bits per heavy atom. The summed E-state index contributed by atoms with van der Waals surface area (Å²) in [7, 11) is 1.60.